The third-order valence-electron chi connectivity index (χ3n) is 5.69. The van der Waals surface area contributed by atoms with Gasteiger partial charge in [0.15, 0.2) is 11.5 Å². The molecule has 6 nitrogen and oxygen atoms in total. The van der Waals surface area contributed by atoms with E-state index < -0.39 is 0 Å². The number of H-pyrrole nitrogens is 1. The van der Waals surface area contributed by atoms with Gasteiger partial charge in [0.1, 0.15) is 17.0 Å². The minimum absolute atomic E-state index is 0.0462. The van der Waals surface area contributed by atoms with Gasteiger partial charge in [-0.2, -0.15) is 5.10 Å². The first-order chi connectivity index (χ1) is 13.2. The molecule has 0 atom stereocenters. The van der Waals surface area contributed by atoms with Crippen molar-refractivity contribution in [2.75, 3.05) is 13.1 Å². The minimum Gasteiger partial charge on any atom is -0.487 e. The minimum atomic E-state index is -0.143. The molecule has 138 valence electrons. The number of carbonyl (C=O) groups is 1. The van der Waals surface area contributed by atoms with Crippen LogP contribution in [0.3, 0.4) is 0 Å². The van der Waals surface area contributed by atoms with Crippen molar-refractivity contribution in [1.29, 1.82) is 0 Å². The van der Waals surface area contributed by atoms with Crippen LogP contribution in [0.2, 0.25) is 0 Å². The number of nitrogens with zero attached hydrogens (tertiary/aromatic N) is 2. The summed E-state index contributed by atoms with van der Waals surface area (Å²) < 4.78 is 11.7. The van der Waals surface area contributed by atoms with Crippen LogP contribution in [0.15, 0.2) is 53.1 Å². The number of furan rings is 1. The van der Waals surface area contributed by atoms with Crippen LogP contribution in [0.5, 0.6) is 5.75 Å². The first-order valence-electron chi connectivity index (χ1n) is 9.38. The van der Waals surface area contributed by atoms with Crippen LogP contribution in [0.1, 0.15) is 35.3 Å². The van der Waals surface area contributed by atoms with Crippen LogP contribution in [0.4, 0.5) is 0 Å². The summed E-state index contributed by atoms with van der Waals surface area (Å²) in [5, 5.41) is 7.05. The first kappa shape index (κ1) is 16.2. The molecule has 5 rings (SSSR count). The third kappa shape index (κ3) is 2.91. The zero-order valence-electron chi connectivity index (χ0n) is 15.0. The molecule has 0 bridgehead atoms. The van der Waals surface area contributed by atoms with Crippen molar-refractivity contribution >= 4 is 5.91 Å². The van der Waals surface area contributed by atoms with E-state index in [9.17, 15) is 4.79 Å². The topological polar surface area (TPSA) is 71.4 Å². The van der Waals surface area contributed by atoms with E-state index in [1.165, 1.54) is 5.56 Å². The van der Waals surface area contributed by atoms with Crippen molar-refractivity contribution in [1.82, 2.24) is 15.1 Å². The van der Waals surface area contributed by atoms with Crippen LogP contribution in [-0.2, 0) is 6.42 Å². The number of carbonyl (C=O) groups excluding carboxylic acids is 1. The molecular weight excluding hydrogens is 342 g/mol. The summed E-state index contributed by atoms with van der Waals surface area (Å²) in [4.78, 5) is 14.7. The molecule has 1 aromatic carbocycles. The molecule has 2 aromatic heterocycles. The molecule has 6 heteroatoms. The SMILES string of the molecule is O=C(c1cc(-c2ccco2)[nH]n1)N1CCC2(CCc3ccccc3O2)CC1. The number of likely N-dealkylation sites (tertiary alicyclic amines) is 1. The number of piperidine rings is 1. The molecule has 3 aromatic rings. The maximum Gasteiger partial charge on any atom is 0.274 e. The normalized spacial score (nSPS) is 18.1. The second-order valence-electron chi connectivity index (χ2n) is 7.33. The summed E-state index contributed by atoms with van der Waals surface area (Å²) in [5.74, 6) is 1.63. The number of ether oxygens (including phenoxy) is 1. The molecule has 0 aliphatic carbocycles. The average Bonchev–Trinajstić information content (AvgIpc) is 3.40. The lowest BCUT2D eigenvalue weighted by Crippen LogP contribution is -2.51. The summed E-state index contributed by atoms with van der Waals surface area (Å²) >= 11 is 0. The molecule has 0 radical (unpaired) electrons. The lowest BCUT2D eigenvalue weighted by atomic mass is 9.83. The molecule has 0 saturated carbocycles. The molecule has 2 aliphatic heterocycles. The predicted molar refractivity (Wildman–Crippen MR) is 99.5 cm³/mol. The molecule has 1 amide bonds. The van der Waals surface area contributed by atoms with Gasteiger partial charge in [-0.05, 0) is 36.6 Å². The van der Waals surface area contributed by atoms with E-state index in [1.807, 2.05) is 29.2 Å². The van der Waals surface area contributed by atoms with Crippen LogP contribution in [0, 0.1) is 0 Å². The van der Waals surface area contributed by atoms with E-state index in [0.717, 1.165) is 31.4 Å². The Morgan fingerprint density at radius 2 is 1.96 bits per heavy atom. The summed E-state index contributed by atoms with van der Waals surface area (Å²) in [6.07, 6.45) is 5.35. The van der Waals surface area contributed by atoms with E-state index in [2.05, 4.69) is 22.3 Å². The Bertz CT molecular complexity index is 953. The molecule has 1 spiro atoms. The highest BCUT2D eigenvalue weighted by molar-refractivity contribution is 5.93. The molecular formula is C21H21N3O3. The van der Waals surface area contributed by atoms with E-state index >= 15 is 0 Å². The van der Waals surface area contributed by atoms with E-state index in [1.54, 1.807) is 12.3 Å². The standard InChI is InChI=1S/C21H21N3O3/c25-20(17-14-16(22-23-17)19-6-3-13-26-19)24-11-9-21(10-12-24)8-7-15-4-1-2-5-18(15)27-21/h1-6,13-14H,7-12H2,(H,22,23). The summed E-state index contributed by atoms with van der Waals surface area (Å²) in [6, 6.07) is 13.7. The quantitative estimate of drug-likeness (QED) is 0.754. The van der Waals surface area contributed by atoms with Gasteiger partial charge in [-0.3, -0.25) is 9.89 Å². The number of aromatic amines is 1. The summed E-state index contributed by atoms with van der Waals surface area (Å²) in [5.41, 5.74) is 2.27. The maximum atomic E-state index is 12.8. The highest BCUT2D eigenvalue weighted by Gasteiger charge is 2.40. The maximum absolute atomic E-state index is 12.8. The monoisotopic (exact) mass is 363 g/mol. The number of para-hydroxylation sites is 1. The van der Waals surface area contributed by atoms with Crippen molar-refractivity contribution in [3.63, 3.8) is 0 Å². The average molecular weight is 363 g/mol. The highest BCUT2D eigenvalue weighted by atomic mass is 16.5. The van der Waals surface area contributed by atoms with Crippen molar-refractivity contribution in [3.05, 3.63) is 60.0 Å². The van der Waals surface area contributed by atoms with Gasteiger partial charge in [-0.15, -0.1) is 0 Å². The Hall–Kier alpha value is -3.02. The number of nitrogens with one attached hydrogen (secondary N) is 1. The molecule has 1 fully saturated rings. The summed E-state index contributed by atoms with van der Waals surface area (Å²) in [7, 11) is 0. The zero-order chi connectivity index (χ0) is 18.3. The number of hydrogen-bond donors (Lipinski definition) is 1. The Morgan fingerprint density at radius 3 is 2.78 bits per heavy atom. The van der Waals surface area contributed by atoms with Gasteiger partial charge in [0.2, 0.25) is 0 Å². The fourth-order valence-corrected chi connectivity index (χ4v) is 4.08. The van der Waals surface area contributed by atoms with Crippen molar-refractivity contribution < 1.29 is 13.9 Å². The lowest BCUT2D eigenvalue weighted by molar-refractivity contribution is -0.0108. The number of aromatic nitrogens is 2. The van der Waals surface area contributed by atoms with Crippen molar-refractivity contribution in [2.45, 2.75) is 31.3 Å². The largest absolute Gasteiger partial charge is 0.487 e. The van der Waals surface area contributed by atoms with Gasteiger partial charge in [-0.25, -0.2) is 0 Å². The van der Waals surface area contributed by atoms with E-state index in [0.29, 0.717) is 30.2 Å². The fourth-order valence-electron chi connectivity index (χ4n) is 4.08. The molecule has 0 unspecified atom stereocenters. The van der Waals surface area contributed by atoms with Crippen LogP contribution < -0.4 is 4.74 Å². The second-order valence-corrected chi connectivity index (χ2v) is 7.33. The molecule has 1 N–H and O–H groups in total. The number of hydrogen-bond acceptors (Lipinski definition) is 4. The van der Waals surface area contributed by atoms with Crippen LogP contribution >= 0.6 is 0 Å². The van der Waals surface area contributed by atoms with Gasteiger partial charge in [0.05, 0.1) is 6.26 Å². The molecule has 27 heavy (non-hydrogen) atoms. The van der Waals surface area contributed by atoms with Gasteiger partial charge in [0, 0.05) is 32.0 Å². The van der Waals surface area contributed by atoms with Crippen molar-refractivity contribution in [3.8, 4) is 17.2 Å². The van der Waals surface area contributed by atoms with Gasteiger partial charge >= 0.3 is 0 Å². The smallest absolute Gasteiger partial charge is 0.274 e. The molecule has 4 heterocycles. The zero-order valence-corrected chi connectivity index (χ0v) is 15.0. The van der Waals surface area contributed by atoms with Gasteiger partial charge in [-0.1, -0.05) is 18.2 Å². The third-order valence-corrected chi connectivity index (χ3v) is 5.69. The Morgan fingerprint density at radius 1 is 1.11 bits per heavy atom. The van der Waals surface area contributed by atoms with Crippen molar-refractivity contribution in [2.24, 2.45) is 0 Å². The van der Waals surface area contributed by atoms with Crippen LogP contribution in [-0.4, -0.2) is 39.7 Å². The Kier molecular flexibility index (Phi) is 3.77. The van der Waals surface area contributed by atoms with Gasteiger partial charge in [0.25, 0.3) is 5.91 Å². The van der Waals surface area contributed by atoms with E-state index in [4.69, 9.17) is 9.15 Å². The lowest BCUT2D eigenvalue weighted by Gasteiger charge is -2.44. The highest BCUT2D eigenvalue weighted by Crippen LogP contribution is 2.39. The van der Waals surface area contributed by atoms with Gasteiger partial charge < -0.3 is 14.1 Å². The first-order valence-corrected chi connectivity index (χ1v) is 9.38. The van der Waals surface area contributed by atoms with E-state index in [-0.39, 0.29) is 11.5 Å². The Balaban J connectivity index is 1.26. The summed E-state index contributed by atoms with van der Waals surface area (Å²) in [6.45, 7) is 1.37. The Labute approximate surface area is 157 Å². The second kappa shape index (κ2) is 6.30. The fraction of sp³-hybridized carbons (Fsp3) is 0.333. The number of amides is 1. The number of fused-ring (bicyclic) bond motifs is 1. The number of benzene rings is 1. The molecule has 2 aliphatic rings. The van der Waals surface area contributed by atoms with Crippen LogP contribution in [0.25, 0.3) is 11.5 Å². The number of rotatable bonds is 2. The number of aryl methyl sites for hydroxylation is 1. The molecule has 1 saturated heterocycles. The predicted octanol–water partition coefficient (Wildman–Crippen LogP) is 3.67.